The van der Waals surface area contributed by atoms with E-state index in [2.05, 4.69) is 43.0 Å². The molecule has 1 unspecified atom stereocenters. The molecule has 25 heavy (non-hydrogen) atoms. The van der Waals surface area contributed by atoms with E-state index in [1.807, 2.05) is 12.1 Å². The van der Waals surface area contributed by atoms with Crippen molar-refractivity contribution in [2.24, 2.45) is 0 Å². The van der Waals surface area contributed by atoms with E-state index in [-0.39, 0.29) is 6.10 Å². The van der Waals surface area contributed by atoms with Gasteiger partial charge in [0.15, 0.2) is 0 Å². The zero-order valence-electron chi connectivity index (χ0n) is 14.7. The molecule has 2 rings (SSSR count). The maximum atomic E-state index is 10.2. The van der Waals surface area contributed by atoms with Crippen LogP contribution in [0.4, 0.5) is 0 Å². The highest BCUT2D eigenvalue weighted by Crippen LogP contribution is 2.28. The lowest BCUT2D eigenvalue weighted by molar-refractivity contribution is 0.118. The summed E-state index contributed by atoms with van der Waals surface area (Å²) in [5, 5.41) is 11.6. The van der Waals surface area contributed by atoms with Crippen LogP contribution in [0.3, 0.4) is 0 Å². The molecular formula is C20H25Cl2NOS. The third-order valence-corrected chi connectivity index (χ3v) is 5.82. The molecule has 0 radical (unpaired) electrons. The summed E-state index contributed by atoms with van der Waals surface area (Å²) in [6, 6.07) is 14.0. The second-order valence-electron chi connectivity index (χ2n) is 6.01. The molecule has 0 aliphatic heterocycles. The van der Waals surface area contributed by atoms with Gasteiger partial charge in [0.25, 0.3) is 0 Å². The predicted molar refractivity (Wildman–Crippen MR) is 110 cm³/mol. The molecule has 0 fully saturated rings. The Hall–Kier alpha value is -0.710. The van der Waals surface area contributed by atoms with Gasteiger partial charge in [0.1, 0.15) is 0 Å². The average molecular weight is 398 g/mol. The van der Waals surface area contributed by atoms with Crippen molar-refractivity contribution >= 4 is 35.0 Å². The second-order valence-corrected chi connectivity index (χ2v) is 7.90. The number of rotatable bonds is 9. The minimum absolute atomic E-state index is 0.328. The SMILES string of the molecule is CCN(CC)CC(O)Cc1ccc(SCc2ccc(Cl)cc2Cl)cc1. The van der Waals surface area contributed by atoms with E-state index in [1.54, 1.807) is 17.8 Å². The van der Waals surface area contributed by atoms with Crippen LogP contribution in [0.15, 0.2) is 47.4 Å². The minimum Gasteiger partial charge on any atom is -0.391 e. The summed E-state index contributed by atoms with van der Waals surface area (Å²) in [5.41, 5.74) is 2.24. The maximum Gasteiger partial charge on any atom is 0.0707 e. The Morgan fingerprint density at radius 2 is 1.72 bits per heavy atom. The molecule has 0 bridgehead atoms. The third kappa shape index (κ3) is 6.84. The van der Waals surface area contributed by atoms with Crippen LogP contribution < -0.4 is 0 Å². The Morgan fingerprint density at radius 1 is 1.04 bits per heavy atom. The smallest absolute Gasteiger partial charge is 0.0707 e. The quantitative estimate of drug-likeness (QED) is 0.562. The number of halogens is 2. The van der Waals surface area contributed by atoms with Crippen LogP contribution in [-0.2, 0) is 12.2 Å². The van der Waals surface area contributed by atoms with E-state index < -0.39 is 0 Å². The van der Waals surface area contributed by atoms with Gasteiger partial charge in [0, 0.05) is 27.2 Å². The molecule has 0 aliphatic rings. The van der Waals surface area contributed by atoms with Gasteiger partial charge < -0.3 is 10.0 Å². The highest BCUT2D eigenvalue weighted by atomic mass is 35.5. The summed E-state index contributed by atoms with van der Waals surface area (Å²) in [7, 11) is 0. The van der Waals surface area contributed by atoms with Crippen LogP contribution >= 0.6 is 35.0 Å². The number of hydrogen-bond donors (Lipinski definition) is 1. The molecule has 2 aromatic carbocycles. The Balaban J connectivity index is 1.87. The van der Waals surface area contributed by atoms with Crippen LogP contribution in [0, 0.1) is 0 Å². The highest BCUT2D eigenvalue weighted by molar-refractivity contribution is 7.98. The molecular weight excluding hydrogens is 373 g/mol. The number of nitrogens with zero attached hydrogens (tertiary/aromatic N) is 1. The first-order chi connectivity index (χ1) is 12.0. The Labute approximate surface area is 165 Å². The summed E-state index contributed by atoms with van der Waals surface area (Å²) in [5.74, 6) is 0.805. The van der Waals surface area contributed by atoms with Crippen LogP contribution in [0.25, 0.3) is 0 Å². The van der Waals surface area contributed by atoms with Gasteiger partial charge in [-0.2, -0.15) is 0 Å². The molecule has 0 saturated heterocycles. The van der Waals surface area contributed by atoms with Crippen LogP contribution in [0.5, 0.6) is 0 Å². The van der Waals surface area contributed by atoms with Gasteiger partial charge in [-0.15, -0.1) is 11.8 Å². The standard InChI is InChI=1S/C20H25Cl2NOS/c1-3-23(4-2)13-18(24)11-15-5-9-19(10-6-15)25-14-16-7-8-17(21)12-20(16)22/h5-10,12,18,24H,3-4,11,13-14H2,1-2H3. The first-order valence-electron chi connectivity index (χ1n) is 8.57. The summed E-state index contributed by atoms with van der Waals surface area (Å²) in [4.78, 5) is 3.43. The maximum absolute atomic E-state index is 10.2. The number of aliphatic hydroxyl groups excluding tert-OH is 1. The van der Waals surface area contributed by atoms with Gasteiger partial charge in [-0.3, -0.25) is 0 Å². The van der Waals surface area contributed by atoms with Gasteiger partial charge in [-0.25, -0.2) is 0 Å². The molecule has 1 N–H and O–H groups in total. The zero-order valence-corrected chi connectivity index (χ0v) is 17.0. The lowest BCUT2D eigenvalue weighted by Gasteiger charge is -2.21. The van der Waals surface area contributed by atoms with Gasteiger partial charge in [-0.1, -0.05) is 55.2 Å². The van der Waals surface area contributed by atoms with E-state index in [0.717, 1.165) is 36.5 Å². The minimum atomic E-state index is -0.328. The fraction of sp³-hybridized carbons (Fsp3) is 0.400. The number of hydrogen-bond acceptors (Lipinski definition) is 3. The van der Waals surface area contributed by atoms with E-state index in [4.69, 9.17) is 23.2 Å². The monoisotopic (exact) mass is 397 g/mol. The Morgan fingerprint density at radius 3 is 2.32 bits per heavy atom. The van der Waals surface area contributed by atoms with E-state index in [9.17, 15) is 5.11 Å². The van der Waals surface area contributed by atoms with Crippen molar-refractivity contribution in [2.45, 2.75) is 37.0 Å². The Kier molecular flexibility index (Phi) is 8.60. The molecule has 0 heterocycles. The van der Waals surface area contributed by atoms with Gasteiger partial charge in [0.2, 0.25) is 0 Å². The van der Waals surface area contributed by atoms with E-state index >= 15 is 0 Å². The largest absolute Gasteiger partial charge is 0.391 e. The molecule has 0 amide bonds. The first-order valence-corrected chi connectivity index (χ1v) is 10.3. The van der Waals surface area contributed by atoms with E-state index in [1.165, 1.54) is 4.90 Å². The zero-order chi connectivity index (χ0) is 18.2. The summed E-state index contributed by atoms with van der Waals surface area (Å²) >= 11 is 13.9. The normalized spacial score (nSPS) is 12.6. The van der Waals surface area contributed by atoms with Crippen molar-refractivity contribution in [3.8, 4) is 0 Å². The lowest BCUT2D eigenvalue weighted by Crippen LogP contribution is -2.33. The highest BCUT2D eigenvalue weighted by Gasteiger charge is 2.10. The molecule has 136 valence electrons. The summed E-state index contributed by atoms with van der Waals surface area (Å²) in [6.45, 7) is 6.90. The molecule has 0 saturated carbocycles. The predicted octanol–water partition coefficient (Wildman–Crippen LogP) is 5.53. The molecule has 0 aromatic heterocycles. The van der Waals surface area contributed by atoms with Gasteiger partial charge >= 0.3 is 0 Å². The fourth-order valence-electron chi connectivity index (χ4n) is 2.64. The van der Waals surface area contributed by atoms with Crippen molar-refractivity contribution < 1.29 is 5.11 Å². The number of aliphatic hydroxyl groups is 1. The molecule has 5 heteroatoms. The number of thioether (sulfide) groups is 1. The first kappa shape index (κ1) is 20.6. The number of benzene rings is 2. The van der Waals surface area contributed by atoms with Crippen molar-refractivity contribution in [1.82, 2.24) is 4.90 Å². The van der Waals surface area contributed by atoms with Crippen molar-refractivity contribution in [3.05, 3.63) is 63.6 Å². The van der Waals surface area contributed by atoms with Crippen LogP contribution in [0.2, 0.25) is 10.0 Å². The summed E-state index contributed by atoms with van der Waals surface area (Å²) < 4.78 is 0. The molecule has 0 aliphatic carbocycles. The van der Waals surface area contributed by atoms with Crippen molar-refractivity contribution in [2.75, 3.05) is 19.6 Å². The fourth-order valence-corrected chi connectivity index (χ4v) is 4.10. The number of likely N-dealkylation sites (N-methyl/N-ethyl adjacent to an activating group) is 1. The Bertz CT molecular complexity index is 659. The van der Waals surface area contributed by atoms with Gasteiger partial charge in [-0.05, 0) is 54.9 Å². The van der Waals surface area contributed by atoms with E-state index in [0.29, 0.717) is 16.5 Å². The molecule has 1 atom stereocenters. The lowest BCUT2D eigenvalue weighted by atomic mass is 10.1. The summed E-state index contributed by atoms with van der Waals surface area (Å²) in [6.07, 6.45) is 0.357. The average Bonchev–Trinajstić information content (AvgIpc) is 2.60. The molecule has 2 aromatic rings. The van der Waals surface area contributed by atoms with Crippen molar-refractivity contribution in [3.63, 3.8) is 0 Å². The van der Waals surface area contributed by atoms with Crippen molar-refractivity contribution in [1.29, 1.82) is 0 Å². The topological polar surface area (TPSA) is 23.5 Å². The van der Waals surface area contributed by atoms with Gasteiger partial charge in [0.05, 0.1) is 6.10 Å². The van der Waals surface area contributed by atoms with Crippen LogP contribution in [-0.4, -0.2) is 35.7 Å². The molecule has 2 nitrogen and oxygen atoms in total. The molecule has 0 spiro atoms. The third-order valence-electron chi connectivity index (χ3n) is 4.17. The van der Waals surface area contributed by atoms with Crippen LogP contribution in [0.1, 0.15) is 25.0 Å². The second kappa shape index (κ2) is 10.4.